The van der Waals surface area contributed by atoms with Gasteiger partial charge < -0.3 is 18.8 Å². The van der Waals surface area contributed by atoms with Gasteiger partial charge >= 0.3 is 0 Å². The molecule has 0 fully saturated rings. The molecule has 0 aromatic heterocycles. The van der Waals surface area contributed by atoms with E-state index in [4.69, 9.17) is 9.05 Å². The Balaban J connectivity index is 1.55. The molecule has 0 unspecified atom stereocenters. The zero-order chi connectivity index (χ0) is 36.1. The van der Waals surface area contributed by atoms with Crippen LogP contribution in [0.5, 0.6) is 0 Å². The molecule has 0 aliphatic rings. The predicted octanol–water partition coefficient (Wildman–Crippen LogP) is 8.20. The number of nitrogens with zero attached hydrogens (tertiary/aromatic N) is 2. The van der Waals surface area contributed by atoms with Gasteiger partial charge in [0.1, 0.15) is 12.2 Å². The van der Waals surface area contributed by atoms with Gasteiger partial charge in [-0.15, -0.1) is 0 Å². The minimum absolute atomic E-state index is 0.00792. The van der Waals surface area contributed by atoms with Crippen LogP contribution < -0.4 is 21.2 Å². The molecule has 0 radical (unpaired) electrons. The van der Waals surface area contributed by atoms with Gasteiger partial charge in [-0.1, -0.05) is 182 Å². The second kappa shape index (κ2) is 19.2. The van der Waals surface area contributed by atoms with Crippen molar-refractivity contribution in [1.29, 1.82) is 0 Å². The molecule has 6 aromatic rings. The second-order valence-electron chi connectivity index (χ2n) is 13.5. The average molecular weight is 725 g/mol. The Morgan fingerprint density at radius 1 is 0.365 bits per heavy atom. The van der Waals surface area contributed by atoms with Crippen LogP contribution in [-0.4, -0.2) is 62.3 Å². The maximum absolute atomic E-state index is 7.80. The summed E-state index contributed by atoms with van der Waals surface area (Å²) in [6.07, 6.45) is 0.974. The first-order chi connectivity index (χ1) is 25.5. The highest BCUT2D eigenvalue weighted by Crippen LogP contribution is 2.45. The average Bonchev–Trinajstić information content (AvgIpc) is 3.20. The predicted molar refractivity (Wildman–Crippen MR) is 223 cm³/mol. The van der Waals surface area contributed by atoms with Crippen molar-refractivity contribution in [2.45, 2.75) is 37.1 Å². The van der Waals surface area contributed by atoms with E-state index in [1.165, 1.54) is 32.3 Å². The van der Waals surface area contributed by atoms with Gasteiger partial charge in [0.2, 0.25) is 0 Å². The van der Waals surface area contributed by atoms with Crippen molar-refractivity contribution in [3.8, 4) is 0 Å². The molecule has 0 amide bonds. The Labute approximate surface area is 313 Å². The lowest BCUT2D eigenvalue weighted by Gasteiger charge is -2.44. The lowest BCUT2D eigenvalue weighted by molar-refractivity contribution is -0.0220. The normalized spacial score (nSPS) is 14.1. The lowest BCUT2D eigenvalue weighted by Crippen LogP contribution is -2.56. The summed E-state index contributed by atoms with van der Waals surface area (Å²) >= 11 is 0. The van der Waals surface area contributed by atoms with Gasteiger partial charge in [0.25, 0.3) is 0 Å². The largest absolute Gasteiger partial charge is 0.342 e. The first-order valence-electron chi connectivity index (χ1n) is 18.0. The SMILES string of the molecule is CN(C)[C@H](Cc1ccccc1)[C@H](OP(c1ccccc1)c1ccccc1)[C@@H](OP(c1ccccc1)c1ccccc1)[C@@H](Cc1ccccc1)N(C)C. The van der Waals surface area contributed by atoms with Crippen molar-refractivity contribution in [1.82, 2.24) is 9.80 Å². The molecule has 6 heteroatoms. The molecule has 0 saturated heterocycles. The molecule has 4 nitrogen and oxygen atoms in total. The van der Waals surface area contributed by atoms with Gasteiger partial charge in [-0.25, -0.2) is 0 Å². The quantitative estimate of drug-likeness (QED) is 0.0887. The Hall–Kier alpha value is -3.98. The maximum atomic E-state index is 7.80. The molecule has 6 aromatic carbocycles. The van der Waals surface area contributed by atoms with Crippen LogP contribution in [0, 0.1) is 0 Å². The standard InChI is InChI=1S/C46H50N2O2P2/c1-47(2)43(35-37-23-11-5-12-24-37)45(49-51(39-27-15-7-16-28-39)40-29-17-8-18-30-40)46(44(48(3)4)36-38-25-13-6-14-26-38)50-52(41-31-19-9-20-32-41)42-33-21-10-22-34-42/h5-34,43-46H,35-36H2,1-4H3/t43-,44-,45+,46+/m1/s1. The van der Waals surface area contributed by atoms with Gasteiger partial charge in [-0.3, -0.25) is 0 Å². The third-order valence-electron chi connectivity index (χ3n) is 9.40. The molecule has 0 heterocycles. The van der Waals surface area contributed by atoms with E-state index in [9.17, 15) is 0 Å². The van der Waals surface area contributed by atoms with Gasteiger partial charge in [0, 0.05) is 33.3 Å². The zero-order valence-electron chi connectivity index (χ0n) is 30.6. The van der Waals surface area contributed by atoms with E-state index < -0.39 is 16.3 Å². The molecule has 0 N–H and O–H groups in total. The van der Waals surface area contributed by atoms with Crippen molar-refractivity contribution in [2.75, 3.05) is 28.2 Å². The first kappa shape index (κ1) is 37.8. The maximum Gasteiger partial charge on any atom is 0.106 e. The van der Waals surface area contributed by atoms with E-state index in [1.54, 1.807) is 0 Å². The fourth-order valence-corrected chi connectivity index (χ4v) is 10.5. The summed E-state index contributed by atoms with van der Waals surface area (Å²) in [6, 6.07) is 64.6. The fourth-order valence-electron chi connectivity index (χ4n) is 6.63. The molecule has 4 atom stereocenters. The van der Waals surface area contributed by atoms with Gasteiger partial charge in [0.05, 0.1) is 16.3 Å². The smallest absolute Gasteiger partial charge is 0.106 e. The molecule has 52 heavy (non-hydrogen) atoms. The van der Waals surface area contributed by atoms with E-state index >= 15 is 0 Å². The summed E-state index contributed by atoms with van der Waals surface area (Å²) in [5.41, 5.74) is 2.55. The minimum atomic E-state index is -1.21. The Morgan fingerprint density at radius 3 is 0.827 bits per heavy atom. The van der Waals surface area contributed by atoms with Crippen molar-refractivity contribution >= 4 is 37.5 Å². The van der Waals surface area contributed by atoms with Crippen molar-refractivity contribution in [3.05, 3.63) is 193 Å². The zero-order valence-corrected chi connectivity index (χ0v) is 32.4. The number of hydrogen-bond acceptors (Lipinski definition) is 4. The van der Waals surface area contributed by atoms with Crippen LogP contribution in [-0.2, 0) is 21.9 Å². The van der Waals surface area contributed by atoms with Crippen LogP contribution in [0.2, 0.25) is 0 Å². The molecule has 0 bridgehead atoms. The highest BCUT2D eigenvalue weighted by Gasteiger charge is 2.42. The number of hydrogen-bond donors (Lipinski definition) is 0. The third-order valence-corrected chi connectivity index (χ3v) is 13.4. The Morgan fingerprint density at radius 2 is 0.596 bits per heavy atom. The topological polar surface area (TPSA) is 24.9 Å². The summed E-state index contributed by atoms with van der Waals surface area (Å²) in [5, 5.41) is 4.73. The van der Waals surface area contributed by atoms with Crippen LogP contribution in [0.1, 0.15) is 11.1 Å². The number of likely N-dealkylation sites (N-methyl/N-ethyl adjacent to an activating group) is 2. The molecule has 0 spiro atoms. The van der Waals surface area contributed by atoms with Crippen molar-refractivity contribution in [2.24, 2.45) is 0 Å². The van der Waals surface area contributed by atoms with Crippen LogP contribution in [0.3, 0.4) is 0 Å². The summed E-state index contributed by atoms with van der Waals surface area (Å²) in [6.45, 7) is 0. The molecule has 266 valence electrons. The second-order valence-corrected chi connectivity index (χ2v) is 17.2. The highest BCUT2D eigenvalue weighted by molar-refractivity contribution is 7.69. The van der Waals surface area contributed by atoms with Gasteiger partial charge in [-0.05, 0) is 52.2 Å². The summed E-state index contributed by atoms with van der Waals surface area (Å²) in [5.74, 6) is 0. The molecule has 0 aliphatic carbocycles. The van der Waals surface area contributed by atoms with Crippen molar-refractivity contribution < 1.29 is 9.05 Å². The lowest BCUT2D eigenvalue weighted by atomic mass is 9.90. The number of benzene rings is 6. The van der Waals surface area contributed by atoms with E-state index in [0.717, 1.165) is 12.8 Å². The summed E-state index contributed by atoms with van der Waals surface area (Å²) in [7, 11) is 6.33. The Kier molecular flexibility index (Phi) is 13.9. The van der Waals surface area contributed by atoms with Crippen LogP contribution >= 0.6 is 16.3 Å². The first-order valence-corrected chi connectivity index (χ1v) is 20.5. The highest BCUT2D eigenvalue weighted by atomic mass is 31.1. The van der Waals surface area contributed by atoms with Gasteiger partial charge in [-0.2, -0.15) is 0 Å². The van der Waals surface area contributed by atoms with Gasteiger partial charge in [0.15, 0.2) is 0 Å². The summed E-state index contributed by atoms with van der Waals surface area (Å²) in [4.78, 5) is 4.69. The molecular weight excluding hydrogens is 674 g/mol. The van der Waals surface area contributed by atoms with E-state index in [-0.39, 0.29) is 24.3 Å². The van der Waals surface area contributed by atoms with E-state index in [2.05, 4.69) is 220 Å². The van der Waals surface area contributed by atoms with Crippen LogP contribution in [0.4, 0.5) is 0 Å². The minimum Gasteiger partial charge on any atom is -0.342 e. The third kappa shape index (κ3) is 10.1. The number of rotatable bonds is 17. The molecule has 0 saturated carbocycles. The van der Waals surface area contributed by atoms with E-state index in [0.29, 0.717) is 0 Å². The van der Waals surface area contributed by atoms with Crippen LogP contribution in [0.25, 0.3) is 0 Å². The monoisotopic (exact) mass is 724 g/mol. The Bertz CT molecular complexity index is 1650. The van der Waals surface area contributed by atoms with Crippen LogP contribution in [0.15, 0.2) is 182 Å². The molecule has 0 aliphatic heterocycles. The molecule has 6 rings (SSSR count). The molecular formula is C46H50N2O2P2. The summed E-state index contributed by atoms with van der Waals surface area (Å²) < 4.78 is 15.6. The fraction of sp³-hybridized carbons (Fsp3) is 0.217. The van der Waals surface area contributed by atoms with E-state index in [1.807, 2.05) is 0 Å². The van der Waals surface area contributed by atoms with Crippen molar-refractivity contribution in [3.63, 3.8) is 0 Å².